The number of rotatable bonds is 3. The minimum absolute atomic E-state index is 0.0542. The summed E-state index contributed by atoms with van der Waals surface area (Å²) >= 11 is 0. The van der Waals surface area contributed by atoms with Gasteiger partial charge in [0.05, 0.1) is 6.04 Å². The molecule has 4 aliphatic rings. The molecule has 1 aromatic heterocycles. The van der Waals surface area contributed by atoms with Gasteiger partial charge in [-0.1, -0.05) is 6.92 Å². The van der Waals surface area contributed by atoms with Gasteiger partial charge >= 0.3 is 0 Å². The molecule has 2 amide bonds. The van der Waals surface area contributed by atoms with Gasteiger partial charge in [-0.2, -0.15) is 0 Å². The van der Waals surface area contributed by atoms with Crippen molar-refractivity contribution in [1.29, 1.82) is 0 Å². The number of aromatic nitrogens is 1. The van der Waals surface area contributed by atoms with Gasteiger partial charge in [-0.25, -0.2) is 13.2 Å². The molecule has 0 spiro atoms. The van der Waals surface area contributed by atoms with E-state index in [2.05, 4.69) is 12.2 Å². The quantitative estimate of drug-likeness (QED) is 0.735. The molecule has 10 heteroatoms. The number of fused-ring (bicyclic) bond motifs is 9. The second-order valence-electron chi connectivity index (χ2n) is 9.51. The van der Waals surface area contributed by atoms with E-state index in [9.17, 15) is 32.7 Å². The molecule has 6 atom stereocenters. The number of nitrogens with zero attached hydrogens (tertiary/aromatic N) is 2. The van der Waals surface area contributed by atoms with Crippen molar-refractivity contribution in [3.05, 3.63) is 62.8 Å². The zero-order chi connectivity index (χ0) is 23.3. The van der Waals surface area contributed by atoms with Crippen LogP contribution in [0.4, 0.5) is 13.2 Å². The molecule has 2 unspecified atom stereocenters. The molecule has 33 heavy (non-hydrogen) atoms. The number of amides is 2. The first-order valence-electron chi connectivity index (χ1n) is 10.9. The Morgan fingerprint density at radius 3 is 2.55 bits per heavy atom. The zero-order valence-electron chi connectivity index (χ0n) is 17.5. The first-order valence-corrected chi connectivity index (χ1v) is 10.9. The van der Waals surface area contributed by atoms with Crippen LogP contribution in [0.15, 0.2) is 23.1 Å². The fourth-order valence-electron chi connectivity index (χ4n) is 6.60. The minimum Gasteiger partial charge on any atom is -0.503 e. The molecule has 2 aliphatic carbocycles. The highest BCUT2D eigenvalue weighted by molar-refractivity contribution is 5.99. The predicted octanol–water partition coefficient (Wildman–Crippen LogP) is 2.01. The van der Waals surface area contributed by atoms with Crippen LogP contribution >= 0.6 is 0 Å². The molecule has 1 aromatic carbocycles. The minimum atomic E-state index is -1.17. The fourth-order valence-corrected chi connectivity index (χ4v) is 6.60. The van der Waals surface area contributed by atoms with Gasteiger partial charge in [-0.05, 0) is 30.1 Å². The van der Waals surface area contributed by atoms with Crippen molar-refractivity contribution in [2.75, 3.05) is 0 Å². The summed E-state index contributed by atoms with van der Waals surface area (Å²) in [4.78, 5) is 40.4. The summed E-state index contributed by atoms with van der Waals surface area (Å²) in [6.45, 7) is 1.91. The van der Waals surface area contributed by atoms with Gasteiger partial charge < -0.3 is 19.9 Å². The molecular formula is C23H20F3N3O4. The highest BCUT2D eigenvalue weighted by atomic mass is 19.1. The summed E-state index contributed by atoms with van der Waals surface area (Å²) in [5.74, 6) is -3.65. The number of carbonyl (C=O) groups excluding carboxylic acids is 2. The Bertz CT molecular complexity index is 1290. The molecule has 172 valence electrons. The lowest BCUT2D eigenvalue weighted by molar-refractivity contribution is 0.0465. The van der Waals surface area contributed by atoms with E-state index >= 15 is 0 Å². The smallest absolute Gasteiger partial charge is 0.275 e. The number of carbonyl (C=O) groups is 2. The van der Waals surface area contributed by atoms with Crippen LogP contribution in [0.25, 0.3) is 0 Å². The molecule has 2 aromatic rings. The highest BCUT2D eigenvalue weighted by Crippen LogP contribution is 2.67. The lowest BCUT2D eigenvalue weighted by Crippen LogP contribution is -2.53. The number of aromatic hydroxyl groups is 1. The Morgan fingerprint density at radius 1 is 1.15 bits per heavy atom. The van der Waals surface area contributed by atoms with Gasteiger partial charge in [0.1, 0.15) is 23.0 Å². The number of benzene rings is 1. The molecule has 3 fully saturated rings. The van der Waals surface area contributed by atoms with Crippen LogP contribution in [0.1, 0.15) is 39.8 Å². The monoisotopic (exact) mass is 459 g/mol. The van der Waals surface area contributed by atoms with Gasteiger partial charge in [-0.3, -0.25) is 14.4 Å². The molecule has 0 radical (unpaired) electrons. The second kappa shape index (κ2) is 6.61. The van der Waals surface area contributed by atoms with E-state index in [1.807, 2.05) is 4.90 Å². The summed E-state index contributed by atoms with van der Waals surface area (Å²) in [7, 11) is 0. The van der Waals surface area contributed by atoms with Gasteiger partial charge in [0.25, 0.3) is 11.8 Å². The Hall–Kier alpha value is -3.30. The van der Waals surface area contributed by atoms with Gasteiger partial charge in [-0.15, -0.1) is 0 Å². The lowest BCUT2D eigenvalue weighted by atomic mass is 9.93. The van der Waals surface area contributed by atoms with Gasteiger partial charge in [0.15, 0.2) is 11.4 Å². The second-order valence-corrected chi connectivity index (χ2v) is 9.51. The maximum atomic E-state index is 13.9. The zero-order valence-corrected chi connectivity index (χ0v) is 17.5. The van der Waals surface area contributed by atoms with Crippen molar-refractivity contribution >= 4 is 11.8 Å². The normalized spacial score (nSPS) is 30.7. The van der Waals surface area contributed by atoms with Crippen LogP contribution in [-0.2, 0) is 13.1 Å². The molecular weight excluding hydrogens is 439 g/mol. The van der Waals surface area contributed by atoms with Crippen molar-refractivity contribution < 1.29 is 27.9 Å². The Kier molecular flexibility index (Phi) is 4.07. The third-order valence-corrected chi connectivity index (χ3v) is 8.03. The number of hydrogen-bond acceptors (Lipinski definition) is 4. The maximum absolute atomic E-state index is 13.9. The summed E-state index contributed by atoms with van der Waals surface area (Å²) in [5, 5.41) is 12.8. The highest BCUT2D eigenvalue weighted by Gasteiger charge is 2.70. The SMILES string of the molecule is C[C@H]1[C@H]2C3CC([C@@H]12)N1C(=O)c2c(O)c(=O)c(C(=O)NCc4c(F)cc(F)cc4F)cn2C[C@@H]31. The van der Waals surface area contributed by atoms with Crippen LogP contribution in [0.3, 0.4) is 0 Å². The maximum Gasteiger partial charge on any atom is 0.275 e. The molecule has 2 aliphatic heterocycles. The first-order chi connectivity index (χ1) is 15.7. The molecule has 2 saturated carbocycles. The average molecular weight is 459 g/mol. The van der Waals surface area contributed by atoms with Crippen LogP contribution in [0, 0.1) is 41.1 Å². The number of piperidine rings is 1. The van der Waals surface area contributed by atoms with Crippen LogP contribution in [0.5, 0.6) is 5.75 Å². The third-order valence-electron chi connectivity index (χ3n) is 8.03. The Balaban J connectivity index is 1.30. The van der Waals surface area contributed by atoms with Crippen molar-refractivity contribution in [1.82, 2.24) is 14.8 Å². The van der Waals surface area contributed by atoms with E-state index in [1.165, 1.54) is 10.8 Å². The standard InChI is InChI=1S/C23H20F3N3O4/c1-8-17-10-4-15(18(8)17)29-16(10)7-28-6-12(20(30)21(31)19(28)23(29)33)22(32)27-5-11-13(25)2-9(24)3-14(11)26/h2-3,6,8,10,15-18,31H,4-5,7H2,1H3,(H,27,32)/t8-,10?,15?,16-,17-,18+/m0/s1. The van der Waals surface area contributed by atoms with E-state index in [0.717, 1.165) is 6.42 Å². The van der Waals surface area contributed by atoms with Crippen molar-refractivity contribution in [3.8, 4) is 5.75 Å². The van der Waals surface area contributed by atoms with E-state index in [1.54, 1.807) is 0 Å². The van der Waals surface area contributed by atoms with Crippen LogP contribution in [0.2, 0.25) is 0 Å². The summed E-state index contributed by atoms with van der Waals surface area (Å²) in [6.07, 6.45) is 2.14. The van der Waals surface area contributed by atoms with Crippen molar-refractivity contribution in [3.63, 3.8) is 0 Å². The fraction of sp³-hybridized carbons (Fsp3) is 0.435. The van der Waals surface area contributed by atoms with E-state index in [0.29, 0.717) is 42.3 Å². The first kappa shape index (κ1) is 20.3. The van der Waals surface area contributed by atoms with Crippen molar-refractivity contribution in [2.24, 2.45) is 23.7 Å². The average Bonchev–Trinajstić information content (AvgIpc) is 3.11. The van der Waals surface area contributed by atoms with E-state index < -0.39 is 58.1 Å². The molecule has 3 heterocycles. The van der Waals surface area contributed by atoms with Crippen LogP contribution < -0.4 is 10.7 Å². The number of halogens is 3. The molecule has 7 nitrogen and oxygen atoms in total. The summed E-state index contributed by atoms with van der Waals surface area (Å²) in [5.41, 5.74) is -2.18. The number of nitrogens with one attached hydrogen (secondary N) is 1. The molecule has 1 saturated heterocycles. The molecule has 6 rings (SSSR count). The van der Waals surface area contributed by atoms with E-state index in [-0.39, 0.29) is 17.8 Å². The number of pyridine rings is 1. The Morgan fingerprint density at radius 2 is 1.85 bits per heavy atom. The van der Waals surface area contributed by atoms with Crippen LogP contribution in [-0.4, -0.2) is 38.5 Å². The van der Waals surface area contributed by atoms with Gasteiger partial charge in [0, 0.05) is 43.0 Å². The lowest BCUT2D eigenvalue weighted by Gasteiger charge is -2.40. The topological polar surface area (TPSA) is 91.6 Å². The Labute approximate surface area is 185 Å². The summed E-state index contributed by atoms with van der Waals surface area (Å²) < 4.78 is 42.2. The van der Waals surface area contributed by atoms with Crippen molar-refractivity contribution in [2.45, 2.75) is 38.5 Å². The molecule has 2 N–H and O–H groups in total. The van der Waals surface area contributed by atoms with E-state index in [4.69, 9.17) is 0 Å². The number of hydrogen-bond donors (Lipinski definition) is 2. The molecule has 2 bridgehead atoms. The third kappa shape index (κ3) is 2.66. The summed E-state index contributed by atoms with van der Waals surface area (Å²) in [6, 6.07) is 1.05. The van der Waals surface area contributed by atoms with Gasteiger partial charge in [0.2, 0.25) is 5.43 Å². The predicted molar refractivity (Wildman–Crippen MR) is 108 cm³/mol. The largest absolute Gasteiger partial charge is 0.503 e.